The SMILES string of the molecule is COc1cc(/C=C(/C#N)C(=O)Nc2ccc(C)c(Cl)c2)cc(Cl)c1OCc1ccccc1. The van der Waals surface area contributed by atoms with E-state index in [9.17, 15) is 10.1 Å². The molecule has 0 aliphatic carbocycles. The predicted molar refractivity (Wildman–Crippen MR) is 127 cm³/mol. The fourth-order valence-electron chi connectivity index (χ4n) is 2.88. The van der Waals surface area contributed by atoms with Crippen LogP contribution in [0.25, 0.3) is 6.08 Å². The number of methoxy groups -OCH3 is 1. The van der Waals surface area contributed by atoms with Crippen LogP contribution in [0.1, 0.15) is 16.7 Å². The van der Waals surface area contributed by atoms with Crippen molar-refractivity contribution in [3.63, 3.8) is 0 Å². The van der Waals surface area contributed by atoms with Crippen LogP contribution in [0.15, 0.2) is 66.2 Å². The number of hydrogen-bond acceptors (Lipinski definition) is 4. The molecule has 0 unspecified atom stereocenters. The number of ether oxygens (including phenoxy) is 2. The van der Waals surface area contributed by atoms with Crippen molar-refractivity contribution in [2.75, 3.05) is 12.4 Å². The first-order valence-corrected chi connectivity index (χ1v) is 10.4. The molecular formula is C25H20Cl2N2O3. The van der Waals surface area contributed by atoms with Gasteiger partial charge in [-0.3, -0.25) is 4.79 Å². The maximum Gasteiger partial charge on any atom is 0.266 e. The Bertz CT molecular complexity index is 1200. The largest absolute Gasteiger partial charge is 0.493 e. The molecule has 162 valence electrons. The molecule has 3 aromatic carbocycles. The first-order chi connectivity index (χ1) is 15.4. The maximum atomic E-state index is 12.6. The third-order valence-electron chi connectivity index (χ3n) is 4.58. The summed E-state index contributed by atoms with van der Waals surface area (Å²) in [4.78, 5) is 12.6. The zero-order valence-electron chi connectivity index (χ0n) is 17.5. The molecule has 0 aliphatic heterocycles. The number of amides is 1. The van der Waals surface area contributed by atoms with Crippen molar-refractivity contribution < 1.29 is 14.3 Å². The van der Waals surface area contributed by atoms with Gasteiger partial charge in [0.25, 0.3) is 5.91 Å². The Labute approximate surface area is 196 Å². The van der Waals surface area contributed by atoms with Gasteiger partial charge in [0.05, 0.1) is 12.1 Å². The van der Waals surface area contributed by atoms with E-state index in [0.29, 0.717) is 39.4 Å². The number of nitriles is 1. The van der Waals surface area contributed by atoms with Gasteiger partial charge in [0.15, 0.2) is 11.5 Å². The summed E-state index contributed by atoms with van der Waals surface area (Å²) in [5.74, 6) is 0.210. The molecule has 0 radical (unpaired) electrons. The summed E-state index contributed by atoms with van der Waals surface area (Å²) in [6.45, 7) is 2.18. The maximum absolute atomic E-state index is 12.6. The monoisotopic (exact) mass is 466 g/mol. The zero-order chi connectivity index (χ0) is 23.1. The second-order valence-electron chi connectivity index (χ2n) is 6.90. The number of nitrogens with one attached hydrogen (secondary N) is 1. The summed E-state index contributed by atoms with van der Waals surface area (Å²) in [6, 6.07) is 20.0. The first-order valence-electron chi connectivity index (χ1n) is 9.65. The number of halogens is 2. The van der Waals surface area contributed by atoms with E-state index < -0.39 is 5.91 Å². The quantitative estimate of drug-likeness (QED) is 0.321. The summed E-state index contributed by atoms with van der Waals surface area (Å²) >= 11 is 12.5. The van der Waals surface area contributed by atoms with Crippen molar-refractivity contribution in [1.82, 2.24) is 0 Å². The molecule has 0 saturated heterocycles. The lowest BCUT2D eigenvalue weighted by Gasteiger charge is -2.13. The average Bonchev–Trinajstić information content (AvgIpc) is 2.79. The Kier molecular flexibility index (Phi) is 7.77. The van der Waals surface area contributed by atoms with Crippen LogP contribution < -0.4 is 14.8 Å². The van der Waals surface area contributed by atoms with Crippen molar-refractivity contribution in [1.29, 1.82) is 5.26 Å². The molecule has 0 atom stereocenters. The van der Waals surface area contributed by atoms with Crippen LogP contribution in [0.4, 0.5) is 5.69 Å². The summed E-state index contributed by atoms with van der Waals surface area (Å²) in [5.41, 5.74) is 2.78. The molecule has 0 saturated carbocycles. The molecule has 0 fully saturated rings. The molecule has 3 aromatic rings. The van der Waals surface area contributed by atoms with Crippen molar-refractivity contribution >= 4 is 40.9 Å². The number of aryl methyl sites for hydroxylation is 1. The zero-order valence-corrected chi connectivity index (χ0v) is 19.0. The van der Waals surface area contributed by atoms with Crippen molar-refractivity contribution in [2.45, 2.75) is 13.5 Å². The summed E-state index contributed by atoms with van der Waals surface area (Å²) in [5, 5.41) is 13.0. The first kappa shape index (κ1) is 23.2. The predicted octanol–water partition coefficient (Wildman–Crippen LogP) is 6.44. The molecule has 1 amide bonds. The van der Waals surface area contributed by atoms with E-state index >= 15 is 0 Å². The van der Waals surface area contributed by atoms with Gasteiger partial charge in [-0.05, 0) is 54.0 Å². The Morgan fingerprint density at radius 1 is 1.09 bits per heavy atom. The second kappa shape index (κ2) is 10.7. The van der Waals surface area contributed by atoms with Crippen LogP contribution in [0.5, 0.6) is 11.5 Å². The number of carbonyl (C=O) groups is 1. The fourth-order valence-corrected chi connectivity index (χ4v) is 3.33. The van der Waals surface area contributed by atoms with Crippen molar-refractivity contribution in [3.05, 3.63) is 93.0 Å². The second-order valence-corrected chi connectivity index (χ2v) is 7.71. The lowest BCUT2D eigenvalue weighted by molar-refractivity contribution is -0.112. The highest BCUT2D eigenvalue weighted by atomic mass is 35.5. The average molecular weight is 467 g/mol. The number of anilines is 1. The number of benzene rings is 3. The highest BCUT2D eigenvalue weighted by Gasteiger charge is 2.15. The van der Waals surface area contributed by atoms with Gasteiger partial charge in [0.1, 0.15) is 18.2 Å². The van der Waals surface area contributed by atoms with E-state index in [1.807, 2.05) is 43.3 Å². The number of nitrogens with zero attached hydrogens (tertiary/aromatic N) is 1. The van der Waals surface area contributed by atoms with Crippen LogP contribution >= 0.6 is 23.2 Å². The number of rotatable bonds is 7. The Hall–Kier alpha value is -3.46. The molecule has 0 aromatic heterocycles. The van der Waals surface area contributed by atoms with E-state index in [1.54, 1.807) is 30.3 Å². The van der Waals surface area contributed by atoms with Crippen LogP contribution in [0.3, 0.4) is 0 Å². The van der Waals surface area contributed by atoms with E-state index in [0.717, 1.165) is 11.1 Å². The smallest absolute Gasteiger partial charge is 0.266 e. The molecule has 0 aliphatic rings. The highest BCUT2D eigenvalue weighted by Crippen LogP contribution is 2.37. The minimum absolute atomic E-state index is 0.0993. The molecule has 0 heterocycles. The lowest BCUT2D eigenvalue weighted by atomic mass is 10.1. The number of carbonyl (C=O) groups excluding carboxylic acids is 1. The van der Waals surface area contributed by atoms with Gasteiger partial charge >= 0.3 is 0 Å². The van der Waals surface area contributed by atoms with E-state index in [1.165, 1.54) is 13.2 Å². The van der Waals surface area contributed by atoms with Gasteiger partial charge in [0, 0.05) is 10.7 Å². The lowest BCUT2D eigenvalue weighted by Crippen LogP contribution is -2.13. The Balaban J connectivity index is 1.82. The summed E-state index contributed by atoms with van der Waals surface area (Å²) < 4.78 is 11.3. The van der Waals surface area contributed by atoms with Crippen molar-refractivity contribution in [2.24, 2.45) is 0 Å². The van der Waals surface area contributed by atoms with Gasteiger partial charge in [-0.25, -0.2) is 0 Å². The molecule has 0 bridgehead atoms. The molecule has 0 spiro atoms. The topological polar surface area (TPSA) is 71.3 Å². The van der Waals surface area contributed by atoms with Gasteiger partial charge < -0.3 is 14.8 Å². The molecule has 7 heteroatoms. The van der Waals surface area contributed by atoms with Gasteiger partial charge in [-0.2, -0.15) is 5.26 Å². The minimum atomic E-state index is -0.563. The molecule has 5 nitrogen and oxygen atoms in total. The molecule has 3 rings (SSSR count). The summed E-state index contributed by atoms with van der Waals surface area (Å²) in [7, 11) is 1.49. The van der Waals surface area contributed by atoms with Crippen molar-refractivity contribution in [3.8, 4) is 17.6 Å². The minimum Gasteiger partial charge on any atom is -0.493 e. The molecule has 1 N–H and O–H groups in total. The van der Waals surface area contributed by atoms with E-state index in [2.05, 4.69) is 5.32 Å². The molecular weight excluding hydrogens is 447 g/mol. The molecule has 32 heavy (non-hydrogen) atoms. The Morgan fingerprint density at radius 2 is 1.84 bits per heavy atom. The van der Waals surface area contributed by atoms with Gasteiger partial charge in [-0.1, -0.05) is 59.6 Å². The third kappa shape index (κ3) is 5.82. The normalized spacial score (nSPS) is 10.9. The summed E-state index contributed by atoms with van der Waals surface area (Å²) in [6.07, 6.45) is 1.43. The fraction of sp³-hybridized carbons (Fsp3) is 0.120. The van der Waals surface area contributed by atoms with E-state index in [4.69, 9.17) is 32.7 Å². The van der Waals surface area contributed by atoms with Gasteiger partial charge in [-0.15, -0.1) is 0 Å². The van der Waals surface area contributed by atoms with Crippen LogP contribution in [-0.4, -0.2) is 13.0 Å². The number of hydrogen-bond donors (Lipinski definition) is 1. The van der Waals surface area contributed by atoms with Crippen LogP contribution in [-0.2, 0) is 11.4 Å². The van der Waals surface area contributed by atoms with Crippen LogP contribution in [0.2, 0.25) is 10.0 Å². The third-order valence-corrected chi connectivity index (χ3v) is 5.27. The highest BCUT2D eigenvalue weighted by molar-refractivity contribution is 6.32. The van der Waals surface area contributed by atoms with E-state index in [-0.39, 0.29) is 5.57 Å². The standard InChI is InChI=1S/C25H20Cl2N2O3/c1-16-8-9-20(13-21(16)26)29-25(30)19(14-28)10-18-11-22(27)24(23(12-18)31-2)32-15-17-6-4-3-5-7-17/h3-13H,15H2,1-2H3,(H,29,30)/b19-10-. The Morgan fingerprint density at radius 3 is 2.50 bits per heavy atom. The van der Waals surface area contributed by atoms with Gasteiger partial charge in [0.2, 0.25) is 0 Å². The van der Waals surface area contributed by atoms with Crippen LogP contribution in [0, 0.1) is 18.3 Å².